The molecule has 3 aromatic carbocycles. The summed E-state index contributed by atoms with van der Waals surface area (Å²) >= 11 is 1.32. The normalized spacial score (nSPS) is 12.1. The van der Waals surface area contributed by atoms with Gasteiger partial charge in [0.1, 0.15) is 0 Å². The topological polar surface area (TPSA) is 72.7 Å². The molecule has 0 radical (unpaired) electrons. The molecule has 1 amide bonds. The molecule has 28 heavy (non-hydrogen) atoms. The minimum atomic E-state index is -0.360. The lowest BCUT2D eigenvalue weighted by atomic mass is 10.1. The van der Waals surface area contributed by atoms with Gasteiger partial charge < -0.3 is 5.32 Å². The molecule has 4 aromatic rings. The fourth-order valence-corrected chi connectivity index (χ4v) is 3.70. The second-order valence-corrected chi connectivity index (χ2v) is 7.83. The maximum atomic E-state index is 12.7. The molecule has 1 atom stereocenters. The van der Waals surface area contributed by atoms with Crippen LogP contribution in [0.15, 0.2) is 71.9 Å². The lowest BCUT2D eigenvalue weighted by molar-refractivity contribution is -0.115. The number of aromatic nitrogens is 4. The first-order chi connectivity index (χ1) is 13.6. The number of amides is 1. The van der Waals surface area contributed by atoms with Gasteiger partial charge in [0.2, 0.25) is 11.1 Å². The number of carbonyl (C=O) groups excluding carboxylic acids is 1. The zero-order chi connectivity index (χ0) is 19.5. The van der Waals surface area contributed by atoms with Crippen molar-refractivity contribution in [2.24, 2.45) is 0 Å². The molecule has 0 aliphatic rings. The number of carbonyl (C=O) groups is 1. The van der Waals surface area contributed by atoms with Gasteiger partial charge in [-0.25, -0.2) is 0 Å². The van der Waals surface area contributed by atoms with Crippen LogP contribution in [-0.4, -0.2) is 31.4 Å². The molecule has 1 unspecified atom stereocenters. The maximum absolute atomic E-state index is 12.7. The average Bonchev–Trinajstić information content (AvgIpc) is 3.16. The Kier molecular flexibility index (Phi) is 5.08. The predicted molar refractivity (Wildman–Crippen MR) is 112 cm³/mol. The smallest absolute Gasteiger partial charge is 0.237 e. The average molecular weight is 389 g/mol. The largest absolute Gasteiger partial charge is 0.325 e. The number of hydrogen-bond donors (Lipinski definition) is 1. The van der Waals surface area contributed by atoms with Crippen molar-refractivity contribution in [1.82, 2.24) is 20.2 Å². The number of nitrogens with zero attached hydrogens (tertiary/aromatic N) is 4. The van der Waals surface area contributed by atoms with Gasteiger partial charge in [0.25, 0.3) is 0 Å². The molecule has 1 aromatic heterocycles. The summed E-state index contributed by atoms with van der Waals surface area (Å²) in [7, 11) is 0. The Labute approximate surface area is 167 Å². The number of anilines is 1. The van der Waals surface area contributed by atoms with Gasteiger partial charge in [0.05, 0.1) is 10.9 Å². The zero-order valence-electron chi connectivity index (χ0n) is 15.5. The van der Waals surface area contributed by atoms with E-state index in [-0.39, 0.29) is 11.2 Å². The molecule has 140 valence electrons. The summed E-state index contributed by atoms with van der Waals surface area (Å²) in [5.41, 5.74) is 2.76. The highest BCUT2D eigenvalue weighted by atomic mass is 32.2. The van der Waals surface area contributed by atoms with E-state index in [0.717, 1.165) is 27.7 Å². The molecule has 0 aliphatic heterocycles. The van der Waals surface area contributed by atoms with Crippen LogP contribution in [0.4, 0.5) is 5.69 Å². The predicted octanol–water partition coefficient (Wildman–Crippen LogP) is 4.24. The van der Waals surface area contributed by atoms with Gasteiger partial charge in [-0.1, -0.05) is 54.2 Å². The third-order valence-corrected chi connectivity index (χ3v) is 5.39. The molecule has 7 heteroatoms. The van der Waals surface area contributed by atoms with Crippen molar-refractivity contribution in [2.75, 3.05) is 5.32 Å². The van der Waals surface area contributed by atoms with Gasteiger partial charge in [-0.3, -0.25) is 4.79 Å². The Morgan fingerprint density at radius 2 is 1.86 bits per heavy atom. The lowest BCUT2D eigenvalue weighted by Gasteiger charge is -2.12. The van der Waals surface area contributed by atoms with Gasteiger partial charge in [-0.2, -0.15) is 4.68 Å². The Balaban J connectivity index is 1.48. The quantitative estimate of drug-likeness (QED) is 0.517. The Morgan fingerprint density at radius 3 is 2.68 bits per heavy atom. The van der Waals surface area contributed by atoms with Crippen LogP contribution in [0, 0.1) is 6.92 Å². The van der Waals surface area contributed by atoms with Crippen LogP contribution in [-0.2, 0) is 4.79 Å². The van der Waals surface area contributed by atoms with Crippen LogP contribution in [0.3, 0.4) is 0 Å². The van der Waals surface area contributed by atoms with Crippen molar-refractivity contribution in [2.45, 2.75) is 24.3 Å². The number of thioether (sulfide) groups is 1. The summed E-state index contributed by atoms with van der Waals surface area (Å²) in [6.45, 7) is 3.86. The molecule has 0 spiro atoms. The first-order valence-electron chi connectivity index (χ1n) is 8.92. The van der Waals surface area contributed by atoms with E-state index in [1.807, 2.05) is 80.6 Å². The van der Waals surface area contributed by atoms with Gasteiger partial charge in [0.15, 0.2) is 0 Å². The molecule has 0 fully saturated rings. The molecule has 4 rings (SSSR count). The van der Waals surface area contributed by atoms with Crippen molar-refractivity contribution in [1.29, 1.82) is 0 Å². The van der Waals surface area contributed by atoms with Gasteiger partial charge in [-0.05, 0) is 64.9 Å². The lowest BCUT2D eigenvalue weighted by Crippen LogP contribution is -2.22. The van der Waals surface area contributed by atoms with Crippen molar-refractivity contribution in [3.8, 4) is 5.69 Å². The Morgan fingerprint density at radius 1 is 1.04 bits per heavy atom. The van der Waals surface area contributed by atoms with Crippen LogP contribution < -0.4 is 5.32 Å². The van der Waals surface area contributed by atoms with E-state index in [2.05, 4.69) is 20.8 Å². The van der Waals surface area contributed by atoms with Gasteiger partial charge >= 0.3 is 0 Å². The fourth-order valence-electron chi connectivity index (χ4n) is 2.90. The second kappa shape index (κ2) is 7.82. The summed E-state index contributed by atoms with van der Waals surface area (Å²) < 4.78 is 1.65. The van der Waals surface area contributed by atoms with Crippen LogP contribution in [0.5, 0.6) is 0 Å². The third-order valence-electron chi connectivity index (χ3n) is 4.36. The monoisotopic (exact) mass is 389 g/mol. The molecule has 0 aliphatic carbocycles. The number of benzene rings is 3. The molecule has 0 saturated heterocycles. The van der Waals surface area contributed by atoms with E-state index >= 15 is 0 Å². The van der Waals surface area contributed by atoms with Crippen LogP contribution >= 0.6 is 11.8 Å². The van der Waals surface area contributed by atoms with E-state index in [9.17, 15) is 4.79 Å². The van der Waals surface area contributed by atoms with E-state index in [4.69, 9.17) is 0 Å². The highest BCUT2D eigenvalue weighted by Gasteiger charge is 2.19. The first kappa shape index (κ1) is 18.2. The summed E-state index contributed by atoms with van der Waals surface area (Å²) in [4.78, 5) is 12.7. The molecule has 1 heterocycles. The fraction of sp³-hybridized carbons (Fsp3) is 0.143. The van der Waals surface area contributed by atoms with Crippen LogP contribution in [0.2, 0.25) is 0 Å². The standard InChI is InChI=1S/C21H19N5OS/c1-14-6-5-9-19(12-14)26-21(23-24-25-26)28-15(2)20(27)22-18-11-10-16-7-3-4-8-17(16)13-18/h3-13,15H,1-2H3,(H,22,27). The summed E-state index contributed by atoms with van der Waals surface area (Å²) in [5, 5.41) is 17.3. The molecular weight excluding hydrogens is 370 g/mol. The molecule has 0 bridgehead atoms. The summed E-state index contributed by atoms with van der Waals surface area (Å²) in [6.07, 6.45) is 0. The Hall–Kier alpha value is -3.19. The highest BCUT2D eigenvalue weighted by molar-refractivity contribution is 8.00. The summed E-state index contributed by atoms with van der Waals surface area (Å²) in [5.74, 6) is -0.0981. The third kappa shape index (κ3) is 3.89. The molecule has 6 nitrogen and oxygen atoms in total. The van der Waals surface area contributed by atoms with Crippen LogP contribution in [0.1, 0.15) is 12.5 Å². The van der Waals surface area contributed by atoms with E-state index in [0.29, 0.717) is 5.16 Å². The van der Waals surface area contributed by atoms with Crippen molar-refractivity contribution >= 4 is 34.1 Å². The van der Waals surface area contributed by atoms with Crippen LogP contribution in [0.25, 0.3) is 16.5 Å². The maximum Gasteiger partial charge on any atom is 0.237 e. The second-order valence-electron chi connectivity index (χ2n) is 6.52. The van der Waals surface area contributed by atoms with Crippen molar-refractivity contribution in [3.63, 3.8) is 0 Å². The van der Waals surface area contributed by atoms with Gasteiger partial charge in [0, 0.05) is 5.69 Å². The van der Waals surface area contributed by atoms with E-state index < -0.39 is 0 Å². The molecule has 1 N–H and O–H groups in total. The van der Waals surface area contributed by atoms with Crippen molar-refractivity contribution < 1.29 is 4.79 Å². The van der Waals surface area contributed by atoms with Crippen molar-refractivity contribution in [3.05, 3.63) is 72.3 Å². The number of aryl methyl sites for hydroxylation is 1. The summed E-state index contributed by atoms with van der Waals surface area (Å²) in [6, 6.07) is 21.8. The van der Waals surface area contributed by atoms with E-state index in [1.165, 1.54) is 11.8 Å². The number of hydrogen-bond acceptors (Lipinski definition) is 5. The minimum Gasteiger partial charge on any atom is -0.325 e. The SMILES string of the molecule is Cc1cccc(-n2nnnc2SC(C)C(=O)Nc2ccc3ccccc3c2)c1. The molecule has 0 saturated carbocycles. The van der Waals surface area contributed by atoms with Gasteiger partial charge in [-0.15, -0.1) is 5.10 Å². The molecular formula is C21H19N5OS. The number of nitrogens with one attached hydrogen (secondary N) is 1. The number of fused-ring (bicyclic) bond motifs is 1. The Bertz CT molecular complexity index is 1140. The van der Waals surface area contributed by atoms with E-state index in [1.54, 1.807) is 4.68 Å². The number of tetrazole rings is 1. The first-order valence-corrected chi connectivity index (χ1v) is 9.80. The zero-order valence-corrected chi connectivity index (χ0v) is 16.4. The minimum absolute atomic E-state index is 0.0981. The highest BCUT2D eigenvalue weighted by Crippen LogP contribution is 2.25. The number of rotatable bonds is 5.